The molecule has 0 aromatic carbocycles. The maximum absolute atomic E-state index is 5.49. The molecule has 2 fully saturated rings. The van der Waals surface area contributed by atoms with Gasteiger partial charge >= 0.3 is 0 Å². The molecule has 0 radical (unpaired) electrons. The number of epoxide rings is 1. The van der Waals surface area contributed by atoms with Crippen LogP contribution in [0.3, 0.4) is 0 Å². The highest BCUT2D eigenvalue weighted by atomic mass is 16.6. The van der Waals surface area contributed by atoms with E-state index in [1.807, 2.05) is 0 Å². The minimum atomic E-state index is 0.666. The first kappa shape index (κ1) is 7.60. The molecular weight excluding hydrogens is 136 g/mol. The zero-order chi connectivity index (χ0) is 7.84. The number of hydrogen-bond donors (Lipinski definition) is 0. The second kappa shape index (κ2) is 2.78. The van der Waals surface area contributed by atoms with Crippen LogP contribution in [0.15, 0.2) is 0 Å². The molecule has 0 amide bonds. The van der Waals surface area contributed by atoms with Gasteiger partial charge in [-0.1, -0.05) is 13.8 Å². The lowest BCUT2D eigenvalue weighted by Crippen LogP contribution is -2.08. The first-order chi connectivity index (χ1) is 5.27. The van der Waals surface area contributed by atoms with E-state index in [2.05, 4.69) is 13.8 Å². The molecule has 1 heteroatoms. The topological polar surface area (TPSA) is 12.5 Å². The van der Waals surface area contributed by atoms with Crippen molar-refractivity contribution >= 4 is 0 Å². The predicted molar refractivity (Wildman–Crippen MR) is 45.5 cm³/mol. The summed E-state index contributed by atoms with van der Waals surface area (Å²) >= 11 is 0. The van der Waals surface area contributed by atoms with E-state index in [9.17, 15) is 0 Å². The third kappa shape index (κ3) is 1.58. The third-order valence-corrected chi connectivity index (χ3v) is 3.27. The third-order valence-electron chi connectivity index (χ3n) is 3.27. The molecule has 11 heavy (non-hydrogen) atoms. The van der Waals surface area contributed by atoms with Crippen LogP contribution in [0.5, 0.6) is 0 Å². The summed E-state index contributed by atoms with van der Waals surface area (Å²) in [6, 6.07) is 0. The molecule has 1 heterocycles. The molecule has 0 spiro atoms. The molecule has 2 atom stereocenters. The summed E-state index contributed by atoms with van der Waals surface area (Å²) < 4.78 is 5.49. The normalized spacial score (nSPS) is 43.4. The smallest absolute Gasteiger partial charge is 0.0842 e. The summed E-state index contributed by atoms with van der Waals surface area (Å²) in [5.74, 6) is 1.86. The number of hydrogen-bond acceptors (Lipinski definition) is 1. The zero-order valence-electron chi connectivity index (χ0n) is 7.55. The van der Waals surface area contributed by atoms with Crippen molar-refractivity contribution in [2.45, 2.75) is 51.7 Å². The van der Waals surface area contributed by atoms with Crippen LogP contribution in [0.25, 0.3) is 0 Å². The van der Waals surface area contributed by atoms with E-state index >= 15 is 0 Å². The van der Waals surface area contributed by atoms with Crippen molar-refractivity contribution in [1.29, 1.82) is 0 Å². The van der Waals surface area contributed by atoms with Gasteiger partial charge in [0.15, 0.2) is 0 Å². The molecule has 1 nitrogen and oxygen atoms in total. The monoisotopic (exact) mass is 154 g/mol. The van der Waals surface area contributed by atoms with E-state index < -0.39 is 0 Å². The Labute approximate surface area is 69.1 Å². The van der Waals surface area contributed by atoms with Crippen LogP contribution in [0, 0.1) is 11.8 Å². The Morgan fingerprint density at radius 2 is 1.55 bits per heavy atom. The highest BCUT2D eigenvalue weighted by Gasteiger charge is 2.41. The van der Waals surface area contributed by atoms with Crippen LogP contribution in [-0.2, 0) is 4.74 Å². The fourth-order valence-corrected chi connectivity index (χ4v) is 2.25. The van der Waals surface area contributed by atoms with E-state index in [0.29, 0.717) is 12.2 Å². The molecule has 2 rings (SSSR count). The first-order valence-electron chi connectivity index (χ1n) is 4.93. The fourth-order valence-electron chi connectivity index (χ4n) is 2.25. The van der Waals surface area contributed by atoms with Gasteiger partial charge in [-0.15, -0.1) is 0 Å². The minimum Gasteiger partial charge on any atom is -0.370 e. The van der Waals surface area contributed by atoms with Gasteiger partial charge in [0.1, 0.15) is 0 Å². The quantitative estimate of drug-likeness (QED) is 0.529. The van der Waals surface area contributed by atoms with Crippen LogP contribution in [0.2, 0.25) is 0 Å². The van der Waals surface area contributed by atoms with E-state index in [1.54, 1.807) is 0 Å². The molecule has 2 unspecified atom stereocenters. The summed E-state index contributed by atoms with van der Waals surface area (Å²) in [5, 5.41) is 0. The molecular formula is C10H18O. The average Bonchev–Trinajstić information content (AvgIpc) is 2.60. The lowest BCUT2D eigenvalue weighted by Gasteiger charge is -2.18. The van der Waals surface area contributed by atoms with Gasteiger partial charge in [-0.25, -0.2) is 0 Å². The van der Waals surface area contributed by atoms with Crippen molar-refractivity contribution in [3.63, 3.8) is 0 Å². The van der Waals surface area contributed by atoms with Crippen molar-refractivity contribution in [1.82, 2.24) is 0 Å². The zero-order valence-corrected chi connectivity index (χ0v) is 7.55. The fraction of sp³-hybridized carbons (Fsp3) is 1.00. The minimum absolute atomic E-state index is 0.666. The highest BCUT2D eigenvalue weighted by molar-refractivity contribution is 4.89. The molecule has 2 aliphatic rings. The molecule has 0 bridgehead atoms. The maximum atomic E-state index is 5.49. The largest absolute Gasteiger partial charge is 0.370 e. The first-order valence-corrected chi connectivity index (χ1v) is 4.93. The predicted octanol–water partition coefficient (Wildman–Crippen LogP) is 2.60. The Hall–Kier alpha value is -0.0400. The van der Waals surface area contributed by atoms with Crippen LogP contribution < -0.4 is 0 Å². The number of fused-ring (bicyclic) bond motifs is 1. The van der Waals surface area contributed by atoms with Gasteiger partial charge in [0.25, 0.3) is 0 Å². The van der Waals surface area contributed by atoms with Crippen molar-refractivity contribution in [3.05, 3.63) is 0 Å². The standard InChI is InChI=1S/C10H18O/c1-7(2)8-3-5-9-10(11-9)6-4-8/h7-10H,3-6H2,1-2H3. The van der Waals surface area contributed by atoms with Gasteiger partial charge in [-0.2, -0.15) is 0 Å². The summed E-state index contributed by atoms with van der Waals surface area (Å²) in [5.41, 5.74) is 0. The van der Waals surface area contributed by atoms with E-state index in [1.165, 1.54) is 25.7 Å². The lowest BCUT2D eigenvalue weighted by atomic mass is 9.89. The van der Waals surface area contributed by atoms with Gasteiger partial charge in [-0.3, -0.25) is 0 Å². The van der Waals surface area contributed by atoms with Gasteiger partial charge < -0.3 is 4.74 Å². The van der Waals surface area contributed by atoms with Crippen LogP contribution in [-0.4, -0.2) is 12.2 Å². The second-order valence-corrected chi connectivity index (χ2v) is 4.37. The van der Waals surface area contributed by atoms with Crippen molar-refractivity contribution < 1.29 is 4.74 Å². The molecule has 0 aromatic rings. The Morgan fingerprint density at radius 1 is 1.00 bits per heavy atom. The number of ether oxygens (including phenoxy) is 1. The molecule has 1 saturated heterocycles. The van der Waals surface area contributed by atoms with Gasteiger partial charge in [0.2, 0.25) is 0 Å². The van der Waals surface area contributed by atoms with Gasteiger partial charge in [0.05, 0.1) is 12.2 Å². The van der Waals surface area contributed by atoms with Gasteiger partial charge in [-0.05, 0) is 37.5 Å². The van der Waals surface area contributed by atoms with Crippen molar-refractivity contribution in [2.24, 2.45) is 11.8 Å². The van der Waals surface area contributed by atoms with Crippen LogP contribution in [0.4, 0.5) is 0 Å². The summed E-state index contributed by atoms with van der Waals surface area (Å²) in [7, 11) is 0. The van der Waals surface area contributed by atoms with E-state index in [-0.39, 0.29) is 0 Å². The SMILES string of the molecule is CC(C)C1CCC2OC2CC1. The molecule has 0 N–H and O–H groups in total. The second-order valence-electron chi connectivity index (χ2n) is 4.37. The summed E-state index contributed by atoms with van der Waals surface area (Å²) in [4.78, 5) is 0. The Kier molecular flexibility index (Phi) is 1.92. The Bertz CT molecular complexity index is 130. The molecule has 1 aliphatic carbocycles. The average molecular weight is 154 g/mol. The summed E-state index contributed by atoms with van der Waals surface area (Å²) in [6.07, 6.45) is 6.79. The van der Waals surface area contributed by atoms with Crippen molar-refractivity contribution in [3.8, 4) is 0 Å². The van der Waals surface area contributed by atoms with E-state index in [0.717, 1.165) is 11.8 Å². The molecule has 64 valence electrons. The van der Waals surface area contributed by atoms with Crippen LogP contribution >= 0.6 is 0 Å². The van der Waals surface area contributed by atoms with Crippen LogP contribution in [0.1, 0.15) is 39.5 Å². The van der Waals surface area contributed by atoms with E-state index in [4.69, 9.17) is 4.74 Å². The Balaban J connectivity index is 1.86. The summed E-state index contributed by atoms with van der Waals surface area (Å²) in [6.45, 7) is 4.70. The maximum Gasteiger partial charge on any atom is 0.0842 e. The number of rotatable bonds is 1. The molecule has 1 saturated carbocycles. The van der Waals surface area contributed by atoms with Crippen molar-refractivity contribution in [2.75, 3.05) is 0 Å². The lowest BCUT2D eigenvalue weighted by molar-refractivity contribution is 0.266. The molecule has 1 aliphatic heterocycles. The molecule has 0 aromatic heterocycles. The van der Waals surface area contributed by atoms with Gasteiger partial charge in [0, 0.05) is 0 Å². The highest BCUT2D eigenvalue weighted by Crippen LogP contribution is 2.39. The Morgan fingerprint density at radius 3 is 2.00 bits per heavy atom.